The summed E-state index contributed by atoms with van der Waals surface area (Å²) in [5, 5.41) is 3.44. The second kappa shape index (κ2) is 4.64. The maximum Gasteiger partial charge on any atom is 0.0370 e. The molecular formula is C12H19N3. The number of nitrogens with one attached hydrogen (secondary N) is 1. The van der Waals surface area contributed by atoms with Crippen LogP contribution in [-0.4, -0.2) is 25.7 Å². The van der Waals surface area contributed by atoms with Gasteiger partial charge in [0.25, 0.3) is 0 Å². The maximum atomic E-state index is 5.64. The average Bonchev–Trinajstić information content (AvgIpc) is 2.29. The molecule has 2 rings (SSSR count). The molecule has 0 aliphatic carbocycles. The first kappa shape index (κ1) is 10.5. The molecule has 3 nitrogen and oxygen atoms in total. The molecule has 1 unspecified atom stereocenters. The van der Waals surface area contributed by atoms with Gasteiger partial charge in [-0.05, 0) is 24.6 Å². The summed E-state index contributed by atoms with van der Waals surface area (Å²) in [6.07, 6.45) is 0. The quantitative estimate of drug-likeness (QED) is 0.755. The van der Waals surface area contributed by atoms with E-state index in [2.05, 4.69) is 41.4 Å². The van der Waals surface area contributed by atoms with Gasteiger partial charge >= 0.3 is 0 Å². The first-order valence-corrected chi connectivity index (χ1v) is 5.57. The van der Waals surface area contributed by atoms with E-state index in [1.165, 1.54) is 11.3 Å². The summed E-state index contributed by atoms with van der Waals surface area (Å²) in [5.41, 5.74) is 8.15. The first-order chi connectivity index (χ1) is 7.29. The molecular weight excluding hydrogens is 186 g/mol. The van der Waals surface area contributed by atoms with Crippen LogP contribution in [0.1, 0.15) is 12.5 Å². The molecule has 1 fully saturated rings. The summed E-state index contributed by atoms with van der Waals surface area (Å²) in [7, 11) is 0. The molecule has 0 bridgehead atoms. The fraction of sp³-hybridized carbons (Fsp3) is 0.500. The van der Waals surface area contributed by atoms with Gasteiger partial charge in [0.2, 0.25) is 0 Å². The highest BCUT2D eigenvalue weighted by molar-refractivity contribution is 5.49. The Labute approximate surface area is 91.3 Å². The van der Waals surface area contributed by atoms with Gasteiger partial charge in [0.1, 0.15) is 0 Å². The lowest BCUT2D eigenvalue weighted by Crippen LogP contribution is -2.49. The molecule has 1 heterocycles. The molecule has 3 N–H and O–H groups in total. The Bertz CT molecular complexity index is 324. The van der Waals surface area contributed by atoms with Crippen molar-refractivity contribution in [2.45, 2.75) is 19.5 Å². The Morgan fingerprint density at radius 2 is 2.40 bits per heavy atom. The average molecular weight is 205 g/mol. The van der Waals surface area contributed by atoms with E-state index in [-0.39, 0.29) is 0 Å². The highest BCUT2D eigenvalue weighted by atomic mass is 15.2. The van der Waals surface area contributed by atoms with Gasteiger partial charge in [0, 0.05) is 37.9 Å². The number of nitrogens with zero attached hydrogens (tertiary/aromatic N) is 1. The number of nitrogens with two attached hydrogens (primary N) is 1. The van der Waals surface area contributed by atoms with Crippen LogP contribution < -0.4 is 16.0 Å². The number of rotatable bonds is 2. The van der Waals surface area contributed by atoms with Gasteiger partial charge in [-0.2, -0.15) is 0 Å². The molecule has 1 aliphatic heterocycles. The van der Waals surface area contributed by atoms with E-state index >= 15 is 0 Å². The van der Waals surface area contributed by atoms with E-state index in [1.54, 1.807) is 0 Å². The minimum absolute atomic E-state index is 0.570. The zero-order chi connectivity index (χ0) is 10.7. The molecule has 15 heavy (non-hydrogen) atoms. The van der Waals surface area contributed by atoms with Crippen molar-refractivity contribution in [3.8, 4) is 0 Å². The van der Waals surface area contributed by atoms with Crippen LogP contribution in [0.4, 0.5) is 5.69 Å². The number of hydrogen-bond acceptors (Lipinski definition) is 3. The van der Waals surface area contributed by atoms with Gasteiger partial charge in [-0.3, -0.25) is 0 Å². The van der Waals surface area contributed by atoms with Crippen LogP contribution in [0.2, 0.25) is 0 Å². The van der Waals surface area contributed by atoms with Gasteiger partial charge in [-0.15, -0.1) is 0 Å². The van der Waals surface area contributed by atoms with Crippen molar-refractivity contribution < 1.29 is 0 Å². The normalized spacial score (nSPS) is 21.7. The van der Waals surface area contributed by atoms with Crippen molar-refractivity contribution >= 4 is 5.69 Å². The van der Waals surface area contributed by atoms with E-state index in [9.17, 15) is 0 Å². The summed E-state index contributed by atoms with van der Waals surface area (Å²) in [5.74, 6) is 0. The van der Waals surface area contributed by atoms with Gasteiger partial charge in [0.15, 0.2) is 0 Å². The van der Waals surface area contributed by atoms with Crippen LogP contribution >= 0.6 is 0 Å². The molecule has 82 valence electrons. The zero-order valence-electron chi connectivity index (χ0n) is 9.24. The van der Waals surface area contributed by atoms with Crippen molar-refractivity contribution in [2.75, 3.05) is 24.5 Å². The number of anilines is 1. The zero-order valence-corrected chi connectivity index (χ0v) is 9.24. The number of piperazine rings is 1. The molecule has 0 radical (unpaired) electrons. The predicted molar refractivity (Wildman–Crippen MR) is 64.0 cm³/mol. The lowest BCUT2D eigenvalue weighted by molar-refractivity contribution is 0.485. The molecule has 1 saturated heterocycles. The smallest absolute Gasteiger partial charge is 0.0370 e. The summed E-state index contributed by atoms with van der Waals surface area (Å²) in [6, 6.07) is 9.09. The highest BCUT2D eigenvalue weighted by Crippen LogP contribution is 2.17. The lowest BCUT2D eigenvalue weighted by atomic mass is 10.1. The minimum atomic E-state index is 0.570. The molecule has 0 saturated carbocycles. The monoisotopic (exact) mass is 205 g/mol. The van der Waals surface area contributed by atoms with Gasteiger partial charge in [-0.25, -0.2) is 0 Å². The fourth-order valence-electron chi connectivity index (χ4n) is 2.05. The van der Waals surface area contributed by atoms with Crippen molar-refractivity contribution in [3.63, 3.8) is 0 Å². The summed E-state index contributed by atoms with van der Waals surface area (Å²) >= 11 is 0. The summed E-state index contributed by atoms with van der Waals surface area (Å²) < 4.78 is 0. The van der Waals surface area contributed by atoms with Crippen LogP contribution in [0.3, 0.4) is 0 Å². The van der Waals surface area contributed by atoms with Crippen LogP contribution in [-0.2, 0) is 6.54 Å². The Balaban J connectivity index is 2.13. The third kappa shape index (κ3) is 2.49. The fourth-order valence-corrected chi connectivity index (χ4v) is 2.05. The molecule has 1 atom stereocenters. The highest BCUT2D eigenvalue weighted by Gasteiger charge is 2.15. The van der Waals surface area contributed by atoms with E-state index in [0.29, 0.717) is 12.6 Å². The van der Waals surface area contributed by atoms with E-state index in [1.807, 2.05) is 0 Å². The first-order valence-electron chi connectivity index (χ1n) is 5.57. The predicted octanol–water partition coefficient (Wildman–Crippen LogP) is 0.943. The van der Waals surface area contributed by atoms with Crippen molar-refractivity contribution in [2.24, 2.45) is 5.73 Å². The van der Waals surface area contributed by atoms with Crippen LogP contribution in [0.25, 0.3) is 0 Å². The minimum Gasteiger partial charge on any atom is -0.369 e. The Morgan fingerprint density at radius 1 is 1.53 bits per heavy atom. The third-order valence-corrected chi connectivity index (χ3v) is 2.88. The topological polar surface area (TPSA) is 41.3 Å². The van der Waals surface area contributed by atoms with E-state index in [0.717, 1.165) is 19.6 Å². The SMILES string of the molecule is CC1CN(c2cccc(CN)c2)CCN1. The second-order valence-electron chi connectivity index (χ2n) is 4.18. The van der Waals surface area contributed by atoms with Crippen molar-refractivity contribution in [1.29, 1.82) is 0 Å². The van der Waals surface area contributed by atoms with E-state index in [4.69, 9.17) is 5.73 Å². The van der Waals surface area contributed by atoms with Crippen molar-refractivity contribution in [1.82, 2.24) is 5.32 Å². The second-order valence-corrected chi connectivity index (χ2v) is 4.18. The Morgan fingerprint density at radius 3 is 3.13 bits per heavy atom. The molecule has 1 aromatic rings. The molecule has 1 aromatic carbocycles. The van der Waals surface area contributed by atoms with Gasteiger partial charge in [-0.1, -0.05) is 12.1 Å². The summed E-state index contributed by atoms with van der Waals surface area (Å²) in [6.45, 7) is 6.06. The molecule has 0 spiro atoms. The summed E-state index contributed by atoms with van der Waals surface area (Å²) in [4.78, 5) is 2.42. The van der Waals surface area contributed by atoms with Crippen LogP contribution in [0, 0.1) is 0 Å². The van der Waals surface area contributed by atoms with Crippen molar-refractivity contribution in [3.05, 3.63) is 29.8 Å². The third-order valence-electron chi connectivity index (χ3n) is 2.88. The number of hydrogen-bond donors (Lipinski definition) is 2. The van der Waals surface area contributed by atoms with Gasteiger partial charge < -0.3 is 16.0 Å². The molecule has 0 amide bonds. The van der Waals surface area contributed by atoms with Crippen LogP contribution in [0.15, 0.2) is 24.3 Å². The van der Waals surface area contributed by atoms with Crippen LogP contribution in [0.5, 0.6) is 0 Å². The van der Waals surface area contributed by atoms with Gasteiger partial charge in [0.05, 0.1) is 0 Å². The molecule has 1 aliphatic rings. The lowest BCUT2D eigenvalue weighted by Gasteiger charge is -2.33. The standard InChI is InChI=1S/C12H19N3/c1-10-9-15(6-5-14-10)12-4-2-3-11(7-12)8-13/h2-4,7,10,14H,5-6,8-9,13H2,1H3. The Kier molecular flexibility index (Phi) is 3.23. The number of benzene rings is 1. The molecule has 3 heteroatoms. The Hall–Kier alpha value is -1.06. The van der Waals surface area contributed by atoms with E-state index < -0.39 is 0 Å². The molecule has 0 aromatic heterocycles. The largest absolute Gasteiger partial charge is 0.369 e. The maximum absolute atomic E-state index is 5.64.